The number of H-pyrrole nitrogens is 1. The Kier molecular flexibility index (Phi) is 8.03. The zero-order valence-electron chi connectivity index (χ0n) is 15.1. The molecule has 0 saturated carbocycles. The third-order valence-electron chi connectivity index (χ3n) is 3.97. The van der Waals surface area contributed by atoms with Crippen molar-refractivity contribution in [3.8, 4) is 5.75 Å². The molecule has 0 aliphatic carbocycles. The van der Waals surface area contributed by atoms with E-state index in [1.54, 1.807) is 0 Å². The van der Waals surface area contributed by atoms with Gasteiger partial charge in [-0.1, -0.05) is 27.7 Å². The minimum Gasteiger partial charge on any atom is -0.492 e. The van der Waals surface area contributed by atoms with Crippen molar-refractivity contribution < 1.29 is 4.74 Å². The molecule has 0 spiro atoms. The zero-order chi connectivity index (χ0) is 16.5. The van der Waals surface area contributed by atoms with Gasteiger partial charge in [-0.25, -0.2) is 0 Å². The van der Waals surface area contributed by atoms with E-state index in [0.717, 1.165) is 17.9 Å². The lowest BCUT2D eigenvalue weighted by molar-refractivity contribution is 0.198. The van der Waals surface area contributed by atoms with Crippen molar-refractivity contribution >= 4 is 10.9 Å². The van der Waals surface area contributed by atoms with Crippen LogP contribution in [0.5, 0.6) is 5.75 Å². The van der Waals surface area contributed by atoms with E-state index in [-0.39, 0.29) is 0 Å². The minimum atomic E-state index is 0.575. The minimum absolute atomic E-state index is 0.575. The third-order valence-corrected chi connectivity index (χ3v) is 3.97. The Hall–Kier alpha value is -1.48. The monoisotopic (exact) mass is 304 g/mol. The fourth-order valence-corrected chi connectivity index (χ4v) is 2.72. The van der Waals surface area contributed by atoms with Crippen molar-refractivity contribution in [2.75, 3.05) is 20.2 Å². The van der Waals surface area contributed by atoms with E-state index in [2.05, 4.69) is 42.1 Å². The molecule has 1 fully saturated rings. The summed E-state index contributed by atoms with van der Waals surface area (Å²) in [6.07, 6.45) is 4.58. The number of aromatic amines is 1. The van der Waals surface area contributed by atoms with Crippen LogP contribution >= 0.6 is 0 Å². The fourth-order valence-electron chi connectivity index (χ4n) is 2.72. The van der Waals surface area contributed by atoms with E-state index in [0.29, 0.717) is 6.04 Å². The number of rotatable bonds is 3. The molecule has 1 atom stereocenters. The molecule has 124 valence electrons. The highest BCUT2D eigenvalue weighted by Gasteiger charge is 2.21. The van der Waals surface area contributed by atoms with Gasteiger partial charge in [-0.3, -0.25) is 0 Å². The second-order valence-electron chi connectivity index (χ2n) is 5.27. The summed E-state index contributed by atoms with van der Waals surface area (Å²) in [6, 6.07) is 6.87. The summed E-state index contributed by atoms with van der Waals surface area (Å²) >= 11 is 0. The SMILES string of the molecule is CC.CC.Cc1c[nH]c2cc(OCC3CCCN3C)ccc12. The van der Waals surface area contributed by atoms with Gasteiger partial charge in [0.2, 0.25) is 0 Å². The number of fused-ring (bicyclic) bond motifs is 1. The van der Waals surface area contributed by atoms with Crippen LogP contribution in [0.25, 0.3) is 10.9 Å². The molecule has 2 heterocycles. The van der Waals surface area contributed by atoms with E-state index in [9.17, 15) is 0 Å². The van der Waals surface area contributed by atoms with E-state index >= 15 is 0 Å². The van der Waals surface area contributed by atoms with E-state index in [1.165, 1.54) is 30.3 Å². The van der Waals surface area contributed by atoms with Crippen molar-refractivity contribution in [1.82, 2.24) is 9.88 Å². The number of likely N-dealkylation sites (tertiary alicyclic amines) is 1. The van der Waals surface area contributed by atoms with Gasteiger partial charge in [0.15, 0.2) is 0 Å². The van der Waals surface area contributed by atoms with Crippen LogP contribution in [0, 0.1) is 6.92 Å². The van der Waals surface area contributed by atoms with Gasteiger partial charge in [0.05, 0.1) is 0 Å². The molecule has 1 aromatic carbocycles. The molecule has 3 heteroatoms. The number of ether oxygens (including phenoxy) is 1. The van der Waals surface area contributed by atoms with Crippen molar-refractivity contribution in [3.63, 3.8) is 0 Å². The summed E-state index contributed by atoms with van der Waals surface area (Å²) in [5.74, 6) is 0.963. The average Bonchev–Trinajstić information content (AvgIpc) is 3.15. The molecule has 22 heavy (non-hydrogen) atoms. The smallest absolute Gasteiger partial charge is 0.121 e. The predicted molar refractivity (Wildman–Crippen MR) is 96.9 cm³/mol. The van der Waals surface area contributed by atoms with E-state index in [1.807, 2.05) is 33.9 Å². The Morgan fingerprint density at radius 1 is 1.23 bits per heavy atom. The van der Waals surface area contributed by atoms with Gasteiger partial charge in [0.25, 0.3) is 0 Å². The summed E-state index contributed by atoms with van der Waals surface area (Å²) in [5, 5.41) is 1.28. The van der Waals surface area contributed by atoms with Crippen LogP contribution in [0.2, 0.25) is 0 Å². The lowest BCUT2D eigenvalue weighted by atomic mass is 10.2. The molecule has 3 nitrogen and oxygen atoms in total. The van der Waals surface area contributed by atoms with Crippen LogP contribution in [0.1, 0.15) is 46.1 Å². The van der Waals surface area contributed by atoms with E-state index < -0.39 is 0 Å². The van der Waals surface area contributed by atoms with Gasteiger partial charge >= 0.3 is 0 Å². The van der Waals surface area contributed by atoms with Crippen molar-refractivity contribution in [2.45, 2.75) is 53.5 Å². The zero-order valence-corrected chi connectivity index (χ0v) is 15.1. The first kappa shape index (κ1) is 18.6. The lowest BCUT2D eigenvalue weighted by Gasteiger charge is -2.19. The number of likely N-dealkylation sites (N-methyl/N-ethyl adjacent to an activating group) is 1. The second-order valence-corrected chi connectivity index (χ2v) is 5.27. The van der Waals surface area contributed by atoms with E-state index in [4.69, 9.17) is 4.74 Å². The highest BCUT2D eigenvalue weighted by atomic mass is 16.5. The topological polar surface area (TPSA) is 28.3 Å². The Morgan fingerprint density at radius 2 is 1.95 bits per heavy atom. The summed E-state index contributed by atoms with van der Waals surface area (Å²) in [7, 11) is 2.18. The molecule has 0 radical (unpaired) electrons. The Balaban J connectivity index is 0.000000561. The Bertz CT molecular complexity index is 547. The first-order valence-corrected chi connectivity index (χ1v) is 8.65. The van der Waals surface area contributed by atoms with Gasteiger partial charge < -0.3 is 14.6 Å². The average molecular weight is 304 g/mol. The van der Waals surface area contributed by atoms with Crippen molar-refractivity contribution in [3.05, 3.63) is 30.0 Å². The number of hydrogen-bond acceptors (Lipinski definition) is 2. The maximum atomic E-state index is 5.92. The van der Waals surface area contributed by atoms with Crippen molar-refractivity contribution in [1.29, 1.82) is 0 Å². The standard InChI is InChI=1S/C15H20N2O.2C2H6/c1-11-9-16-15-8-13(5-6-14(11)15)18-10-12-4-3-7-17(12)2;2*1-2/h5-6,8-9,12,16H,3-4,7,10H2,1-2H3;2*1-2H3. The molecule has 1 aliphatic rings. The summed E-state index contributed by atoms with van der Waals surface area (Å²) in [5.41, 5.74) is 2.44. The first-order chi connectivity index (χ1) is 10.7. The van der Waals surface area contributed by atoms with Gasteiger partial charge in [0, 0.05) is 29.2 Å². The van der Waals surface area contributed by atoms with Gasteiger partial charge in [0.1, 0.15) is 12.4 Å². The van der Waals surface area contributed by atoms with Gasteiger partial charge in [-0.2, -0.15) is 0 Å². The molecule has 3 rings (SSSR count). The number of aromatic nitrogens is 1. The Morgan fingerprint density at radius 3 is 2.59 bits per heavy atom. The van der Waals surface area contributed by atoms with Crippen LogP contribution in [0.3, 0.4) is 0 Å². The number of benzene rings is 1. The molecule has 2 aromatic rings. The van der Waals surface area contributed by atoms with Crippen LogP contribution in [0.15, 0.2) is 24.4 Å². The Labute approximate surface area is 135 Å². The normalized spacial score (nSPS) is 17.5. The molecule has 1 unspecified atom stereocenters. The fraction of sp³-hybridized carbons (Fsp3) is 0.579. The number of hydrogen-bond donors (Lipinski definition) is 1. The third kappa shape index (κ3) is 4.51. The van der Waals surface area contributed by atoms with Crippen molar-refractivity contribution in [2.24, 2.45) is 0 Å². The van der Waals surface area contributed by atoms with Crippen LogP contribution < -0.4 is 4.74 Å². The summed E-state index contributed by atoms with van der Waals surface area (Å²) in [4.78, 5) is 5.66. The largest absolute Gasteiger partial charge is 0.492 e. The molecule has 1 N–H and O–H groups in total. The van der Waals surface area contributed by atoms with Crippen LogP contribution in [0.4, 0.5) is 0 Å². The van der Waals surface area contributed by atoms with Crippen LogP contribution in [-0.2, 0) is 0 Å². The quantitative estimate of drug-likeness (QED) is 0.864. The molecular formula is C19H32N2O. The molecule has 0 bridgehead atoms. The highest BCUT2D eigenvalue weighted by Crippen LogP contribution is 2.23. The molecule has 1 saturated heterocycles. The number of nitrogens with one attached hydrogen (secondary N) is 1. The second kappa shape index (κ2) is 9.52. The van der Waals surface area contributed by atoms with Crippen LogP contribution in [-0.4, -0.2) is 36.1 Å². The molecule has 1 aliphatic heterocycles. The molecule has 1 aromatic heterocycles. The highest BCUT2D eigenvalue weighted by molar-refractivity contribution is 5.84. The number of nitrogens with zero attached hydrogens (tertiary/aromatic N) is 1. The maximum Gasteiger partial charge on any atom is 0.121 e. The summed E-state index contributed by atoms with van der Waals surface area (Å²) in [6.45, 7) is 12.1. The molecule has 0 amide bonds. The summed E-state index contributed by atoms with van der Waals surface area (Å²) < 4.78 is 5.92. The lowest BCUT2D eigenvalue weighted by Crippen LogP contribution is -2.30. The van der Waals surface area contributed by atoms with Gasteiger partial charge in [-0.15, -0.1) is 0 Å². The predicted octanol–water partition coefficient (Wildman–Crippen LogP) is 5.00. The molecular weight excluding hydrogens is 272 g/mol. The maximum absolute atomic E-state index is 5.92. The first-order valence-electron chi connectivity index (χ1n) is 8.65. The number of aryl methyl sites for hydroxylation is 1. The van der Waals surface area contributed by atoms with Gasteiger partial charge in [-0.05, 0) is 51.1 Å².